The lowest BCUT2D eigenvalue weighted by atomic mass is 10.0. The first-order valence-corrected chi connectivity index (χ1v) is 7.51. The highest BCUT2D eigenvalue weighted by Gasteiger charge is 2.17. The normalized spacial score (nSPS) is 18.4. The second-order valence-corrected chi connectivity index (χ2v) is 5.32. The van der Waals surface area contributed by atoms with Crippen LogP contribution in [0.3, 0.4) is 0 Å². The number of rotatable bonds is 6. The van der Waals surface area contributed by atoms with Gasteiger partial charge in [0.2, 0.25) is 0 Å². The Balaban J connectivity index is 1.94. The lowest BCUT2D eigenvalue weighted by Crippen LogP contribution is -2.33. The van der Waals surface area contributed by atoms with Gasteiger partial charge < -0.3 is 10.2 Å². The van der Waals surface area contributed by atoms with Crippen LogP contribution in [-0.4, -0.2) is 31.1 Å². The highest BCUT2D eigenvalue weighted by molar-refractivity contribution is 5.21. The molecule has 0 saturated carbocycles. The lowest BCUT2D eigenvalue weighted by Gasteiger charge is -2.28. The third-order valence-electron chi connectivity index (χ3n) is 3.91. The number of benzene rings is 1. The van der Waals surface area contributed by atoms with Gasteiger partial charge in [-0.15, -0.1) is 0 Å². The summed E-state index contributed by atoms with van der Waals surface area (Å²) < 4.78 is 13.9. The van der Waals surface area contributed by atoms with Crippen molar-refractivity contribution in [1.29, 1.82) is 0 Å². The zero-order chi connectivity index (χ0) is 13.5. The Morgan fingerprint density at radius 1 is 1.21 bits per heavy atom. The minimum absolute atomic E-state index is 0.0907. The molecule has 0 spiro atoms. The van der Waals surface area contributed by atoms with Crippen molar-refractivity contribution in [3.05, 3.63) is 35.6 Å². The predicted molar refractivity (Wildman–Crippen MR) is 77.7 cm³/mol. The molecule has 1 atom stereocenters. The second-order valence-electron chi connectivity index (χ2n) is 5.32. The van der Waals surface area contributed by atoms with Crippen LogP contribution in [0, 0.1) is 5.82 Å². The molecular weight excluding hydrogens is 239 g/mol. The molecule has 106 valence electrons. The van der Waals surface area contributed by atoms with Crippen LogP contribution in [0.25, 0.3) is 0 Å². The SMILES string of the molecule is CCNC(CCN1CCCCC1)c1ccccc1F. The minimum atomic E-state index is -0.0907. The van der Waals surface area contributed by atoms with E-state index in [1.165, 1.54) is 32.4 Å². The van der Waals surface area contributed by atoms with Crippen molar-refractivity contribution >= 4 is 0 Å². The van der Waals surface area contributed by atoms with Gasteiger partial charge in [-0.3, -0.25) is 0 Å². The molecule has 1 fully saturated rings. The number of nitrogens with one attached hydrogen (secondary N) is 1. The molecule has 1 N–H and O–H groups in total. The monoisotopic (exact) mass is 264 g/mol. The molecule has 1 aliphatic rings. The van der Waals surface area contributed by atoms with Gasteiger partial charge in [-0.05, 0) is 51.5 Å². The van der Waals surface area contributed by atoms with Gasteiger partial charge in [0.15, 0.2) is 0 Å². The number of nitrogens with zero attached hydrogens (tertiary/aromatic N) is 1. The zero-order valence-electron chi connectivity index (χ0n) is 11.9. The van der Waals surface area contributed by atoms with E-state index in [1.54, 1.807) is 12.1 Å². The van der Waals surface area contributed by atoms with Gasteiger partial charge in [0.1, 0.15) is 5.82 Å². The van der Waals surface area contributed by atoms with Gasteiger partial charge in [-0.25, -0.2) is 4.39 Å². The summed E-state index contributed by atoms with van der Waals surface area (Å²) in [5, 5.41) is 3.41. The van der Waals surface area contributed by atoms with Crippen LogP contribution in [0.2, 0.25) is 0 Å². The fourth-order valence-electron chi connectivity index (χ4n) is 2.87. The third-order valence-corrected chi connectivity index (χ3v) is 3.91. The van der Waals surface area contributed by atoms with Gasteiger partial charge in [-0.1, -0.05) is 31.5 Å². The van der Waals surface area contributed by atoms with E-state index < -0.39 is 0 Å². The first-order valence-electron chi connectivity index (χ1n) is 7.51. The van der Waals surface area contributed by atoms with E-state index in [4.69, 9.17) is 0 Å². The van der Waals surface area contributed by atoms with Gasteiger partial charge in [-0.2, -0.15) is 0 Å². The summed E-state index contributed by atoms with van der Waals surface area (Å²) in [4.78, 5) is 2.51. The molecule has 1 aromatic rings. The van der Waals surface area contributed by atoms with Crippen molar-refractivity contribution in [2.24, 2.45) is 0 Å². The number of halogens is 1. The van der Waals surface area contributed by atoms with Crippen LogP contribution in [0.1, 0.15) is 44.2 Å². The molecule has 1 heterocycles. The first-order chi connectivity index (χ1) is 9.31. The molecule has 0 aliphatic carbocycles. The lowest BCUT2D eigenvalue weighted by molar-refractivity contribution is 0.216. The highest BCUT2D eigenvalue weighted by atomic mass is 19.1. The summed E-state index contributed by atoms with van der Waals surface area (Å²) in [6, 6.07) is 7.27. The Hall–Kier alpha value is -0.930. The van der Waals surface area contributed by atoms with Gasteiger partial charge >= 0.3 is 0 Å². The highest BCUT2D eigenvalue weighted by Crippen LogP contribution is 2.21. The average Bonchev–Trinajstić information content (AvgIpc) is 2.45. The molecule has 1 aliphatic heterocycles. The van der Waals surface area contributed by atoms with E-state index in [-0.39, 0.29) is 11.9 Å². The van der Waals surface area contributed by atoms with Gasteiger partial charge in [0.25, 0.3) is 0 Å². The Morgan fingerprint density at radius 2 is 1.95 bits per heavy atom. The number of hydrogen-bond donors (Lipinski definition) is 1. The molecule has 1 aromatic carbocycles. The van der Waals surface area contributed by atoms with Crippen molar-refractivity contribution in [3.63, 3.8) is 0 Å². The number of likely N-dealkylation sites (tertiary alicyclic amines) is 1. The maximum Gasteiger partial charge on any atom is 0.127 e. The number of hydrogen-bond acceptors (Lipinski definition) is 2. The largest absolute Gasteiger partial charge is 0.310 e. The molecule has 1 unspecified atom stereocenters. The molecular formula is C16H25FN2. The topological polar surface area (TPSA) is 15.3 Å². The molecule has 0 bridgehead atoms. The van der Waals surface area contributed by atoms with Crippen LogP contribution in [0.15, 0.2) is 24.3 Å². The van der Waals surface area contributed by atoms with E-state index in [0.717, 1.165) is 25.1 Å². The molecule has 0 radical (unpaired) electrons. The van der Waals surface area contributed by atoms with E-state index in [2.05, 4.69) is 17.1 Å². The van der Waals surface area contributed by atoms with Crippen LogP contribution in [-0.2, 0) is 0 Å². The van der Waals surface area contributed by atoms with Crippen molar-refractivity contribution in [2.45, 2.75) is 38.6 Å². The standard InChI is InChI=1S/C16H25FN2/c1-2-18-16(14-8-4-5-9-15(14)17)10-13-19-11-6-3-7-12-19/h4-5,8-9,16,18H,2-3,6-7,10-13H2,1H3. The molecule has 19 heavy (non-hydrogen) atoms. The van der Waals surface area contributed by atoms with Crippen molar-refractivity contribution in [3.8, 4) is 0 Å². The Kier molecular flexibility index (Phi) is 5.80. The minimum Gasteiger partial charge on any atom is -0.310 e. The van der Waals surface area contributed by atoms with Crippen molar-refractivity contribution < 1.29 is 4.39 Å². The summed E-state index contributed by atoms with van der Waals surface area (Å²) >= 11 is 0. The van der Waals surface area contributed by atoms with Crippen LogP contribution in [0.4, 0.5) is 4.39 Å². The molecule has 0 amide bonds. The van der Waals surface area contributed by atoms with E-state index >= 15 is 0 Å². The Morgan fingerprint density at radius 3 is 2.63 bits per heavy atom. The summed E-state index contributed by atoms with van der Waals surface area (Å²) in [6.45, 7) is 6.42. The molecule has 2 rings (SSSR count). The van der Waals surface area contributed by atoms with E-state index in [0.29, 0.717) is 0 Å². The van der Waals surface area contributed by atoms with Crippen LogP contribution in [0.5, 0.6) is 0 Å². The zero-order valence-corrected chi connectivity index (χ0v) is 11.9. The van der Waals surface area contributed by atoms with Crippen molar-refractivity contribution in [1.82, 2.24) is 10.2 Å². The van der Waals surface area contributed by atoms with Crippen LogP contribution >= 0.6 is 0 Å². The maximum atomic E-state index is 13.9. The summed E-state index contributed by atoms with van der Waals surface area (Å²) in [5.74, 6) is -0.0907. The summed E-state index contributed by atoms with van der Waals surface area (Å²) in [5.41, 5.74) is 0.807. The molecule has 2 nitrogen and oxygen atoms in total. The van der Waals surface area contributed by atoms with E-state index in [9.17, 15) is 4.39 Å². The third kappa shape index (κ3) is 4.29. The van der Waals surface area contributed by atoms with E-state index in [1.807, 2.05) is 12.1 Å². The molecule has 0 aromatic heterocycles. The fourth-order valence-corrected chi connectivity index (χ4v) is 2.87. The maximum absolute atomic E-state index is 13.9. The quantitative estimate of drug-likeness (QED) is 0.847. The predicted octanol–water partition coefficient (Wildman–Crippen LogP) is 3.35. The Labute approximate surface area is 116 Å². The average molecular weight is 264 g/mol. The summed E-state index contributed by atoms with van der Waals surface area (Å²) in [6.07, 6.45) is 4.96. The fraction of sp³-hybridized carbons (Fsp3) is 0.625. The first kappa shape index (κ1) is 14.5. The Bertz CT molecular complexity index is 375. The molecule has 3 heteroatoms. The van der Waals surface area contributed by atoms with Gasteiger partial charge in [0, 0.05) is 11.6 Å². The molecule has 1 saturated heterocycles. The van der Waals surface area contributed by atoms with Crippen molar-refractivity contribution in [2.75, 3.05) is 26.2 Å². The van der Waals surface area contributed by atoms with Crippen LogP contribution < -0.4 is 5.32 Å². The number of piperidine rings is 1. The summed E-state index contributed by atoms with van der Waals surface area (Å²) in [7, 11) is 0. The second kappa shape index (κ2) is 7.61. The van der Waals surface area contributed by atoms with Gasteiger partial charge in [0.05, 0.1) is 0 Å². The smallest absolute Gasteiger partial charge is 0.127 e.